The van der Waals surface area contributed by atoms with Gasteiger partial charge in [0.2, 0.25) is 5.88 Å². The number of rotatable bonds is 6. The first kappa shape index (κ1) is 21.7. The van der Waals surface area contributed by atoms with Crippen LogP contribution in [0.4, 0.5) is 0 Å². The topological polar surface area (TPSA) is 83.8 Å². The molecule has 2 aliphatic rings. The summed E-state index contributed by atoms with van der Waals surface area (Å²) in [4.78, 5) is 21.2. The minimum atomic E-state index is -0.676. The third-order valence-corrected chi connectivity index (χ3v) is 5.51. The van der Waals surface area contributed by atoms with Crippen LogP contribution in [0.1, 0.15) is 43.5 Å². The number of nitrogens with one attached hydrogen (secondary N) is 1. The van der Waals surface area contributed by atoms with Crippen molar-refractivity contribution in [2.45, 2.75) is 38.7 Å². The number of amides is 1. The number of allylic oxidation sites excluding steroid dienone is 5. The lowest BCUT2D eigenvalue weighted by atomic mass is 9.79. The molecule has 0 aromatic carbocycles. The van der Waals surface area contributed by atoms with Crippen LogP contribution in [0.5, 0.6) is 5.88 Å². The molecule has 1 heterocycles. The highest BCUT2D eigenvalue weighted by Crippen LogP contribution is 2.31. The molecule has 6 heteroatoms. The van der Waals surface area contributed by atoms with Gasteiger partial charge in [0.25, 0.3) is 5.91 Å². The van der Waals surface area contributed by atoms with Crippen molar-refractivity contribution in [3.8, 4) is 5.88 Å². The van der Waals surface area contributed by atoms with Crippen LogP contribution < -0.4 is 10.1 Å². The maximum absolute atomic E-state index is 12.8. The van der Waals surface area contributed by atoms with Crippen LogP contribution in [0, 0.1) is 5.92 Å². The molecule has 0 saturated heterocycles. The van der Waals surface area contributed by atoms with Crippen molar-refractivity contribution < 1.29 is 14.6 Å². The van der Waals surface area contributed by atoms with Crippen LogP contribution in [-0.4, -0.2) is 40.9 Å². The van der Waals surface area contributed by atoms with E-state index in [1.54, 1.807) is 37.5 Å². The van der Waals surface area contributed by atoms with Gasteiger partial charge in [0, 0.05) is 25.9 Å². The van der Waals surface area contributed by atoms with E-state index in [0.29, 0.717) is 17.9 Å². The number of nitrogens with zero attached hydrogens (tertiary/aromatic N) is 2. The van der Waals surface area contributed by atoms with E-state index in [-0.39, 0.29) is 17.7 Å². The van der Waals surface area contributed by atoms with E-state index in [1.807, 2.05) is 19.9 Å². The average Bonchev–Trinajstić information content (AvgIpc) is 2.73. The third kappa shape index (κ3) is 5.33. The fourth-order valence-corrected chi connectivity index (χ4v) is 3.55. The van der Waals surface area contributed by atoms with Crippen molar-refractivity contribution in [3.63, 3.8) is 0 Å². The molecule has 1 aromatic heterocycles. The van der Waals surface area contributed by atoms with Gasteiger partial charge < -0.3 is 15.2 Å². The Bertz CT molecular complexity index is 949. The maximum Gasteiger partial charge on any atom is 0.257 e. The van der Waals surface area contributed by atoms with Crippen molar-refractivity contribution in [3.05, 3.63) is 71.7 Å². The summed E-state index contributed by atoms with van der Waals surface area (Å²) >= 11 is 0. The highest BCUT2D eigenvalue weighted by Gasteiger charge is 2.28. The van der Waals surface area contributed by atoms with E-state index in [2.05, 4.69) is 27.9 Å². The SMILES string of the molecule is C=C1C=CC(Oc2ncccc2C(=O)NCC2=CCC(C(C)(C)O)CC2)=CC1=NC. The molecule has 30 heavy (non-hydrogen) atoms. The van der Waals surface area contributed by atoms with E-state index < -0.39 is 5.60 Å². The number of ether oxygens (including phenoxy) is 1. The normalized spacial score (nSPS) is 20.6. The zero-order valence-electron chi connectivity index (χ0n) is 17.8. The van der Waals surface area contributed by atoms with Crippen molar-refractivity contribution in [2.75, 3.05) is 13.6 Å². The molecule has 2 N–H and O–H groups in total. The maximum atomic E-state index is 12.8. The molecule has 2 aliphatic carbocycles. The summed E-state index contributed by atoms with van der Waals surface area (Å²) in [6.45, 7) is 8.10. The van der Waals surface area contributed by atoms with Crippen molar-refractivity contribution in [1.29, 1.82) is 0 Å². The fourth-order valence-electron chi connectivity index (χ4n) is 3.55. The van der Waals surface area contributed by atoms with Gasteiger partial charge >= 0.3 is 0 Å². The summed E-state index contributed by atoms with van der Waals surface area (Å²) < 4.78 is 5.87. The molecule has 0 aliphatic heterocycles. The van der Waals surface area contributed by atoms with Gasteiger partial charge in [-0.05, 0) is 68.9 Å². The first-order valence-corrected chi connectivity index (χ1v) is 10.1. The second-order valence-electron chi connectivity index (χ2n) is 8.14. The number of pyridine rings is 1. The minimum absolute atomic E-state index is 0.238. The molecule has 0 fully saturated rings. The molecular weight excluding hydrogens is 378 g/mol. The van der Waals surface area contributed by atoms with Gasteiger partial charge in [0.1, 0.15) is 11.3 Å². The summed E-state index contributed by atoms with van der Waals surface area (Å²) in [7, 11) is 1.69. The van der Waals surface area contributed by atoms with Crippen LogP contribution in [-0.2, 0) is 0 Å². The minimum Gasteiger partial charge on any atom is -0.438 e. The Hall–Kier alpha value is -2.99. The number of carbonyl (C=O) groups is 1. The summed E-state index contributed by atoms with van der Waals surface area (Å²) in [5, 5.41) is 13.1. The number of aromatic nitrogens is 1. The highest BCUT2D eigenvalue weighted by molar-refractivity contribution is 6.11. The lowest BCUT2D eigenvalue weighted by Crippen LogP contribution is -2.33. The van der Waals surface area contributed by atoms with E-state index in [9.17, 15) is 9.90 Å². The smallest absolute Gasteiger partial charge is 0.257 e. The zero-order valence-corrected chi connectivity index (χ0v) is 17.8. The Morgan fingerprint density at radius 3 is 2.90 bits per heavy atom. The van der Waals surface area contributed by atoms with E-state index in [0.717, 1.165) is 30.5 Å². The summed E-state index contributed by atoms with van der Waals surface area (Å²) in [6, 6.07) is 3.40. The Morgan fingerprint density at radius 1 is 1.43 bits per heavy atom. The quantitative estimate of drug-likeness (QED) is 0.703. The monoisotopic (exact) mass is 407 g/mol. The number of hydrogen-bond donors (Lipinski definition) is 2. The van der Waals surface area contributed by atoms with E-state index in [1.165, 1.54) is 5.57 Å². The molecule has 3 rings (SSSR count). The molecular formula is C24H29N3O3. The van der Waals surface area contributed by atoms with Crippen molar-refractivity contribution >= 4 is 11.6 Å². The van der Waals surface area contributed by atoms with Crippen LogP contribution in [0.3, 0.4) is 0 Å². The summed E-state index contributed by atoms with van der Waals surface area (Å²) in [5.74, 6) is 0.800. The summed E-state index contributed by atoms with van der Waals surface area (Å²) in [6.07, 6.45) is 11.7. The molecule has 6 nitrogen and oxygen atoms in total. The number of hydrogen-bond acceptors (Lipinski definition) is 5. The molecule has 0 saturated carbocycles. The highest BCUT2D eigenvalue weighted by atomic mass is 16.5. The predicted octanol–water partition coefficient (Wildman–Crippen LogP) is 3.77. The van der Waals surface area contributed by atoms with Gasteiger partial charge in [0.05, 0.1) is 11.3 Å². The zero-order chi connectivity index (χ0) is 21.7. The Kier molecular flexibility index (Phi) is 6.67. The molecule has 158 valence electrons. The first-order valence-electron chi connectivity index (χ1n) is 10.1. The number of carbonyl (C=O) groups excluding carboxylic acids is 1. The predicted molar refractivity (Wildman–Crippen MR) is 119 cm³/mol. The van der Waals surface area contributed by atoms with Gasteiger partial charge in [0.15, 0.2) is 0 Å². The third-order valence-electron chi connectivity index (χ3n) is 5.51. The molecule has 1 aromatic rings. The molecule has 0 spiro atoms. The lowest BCUT2D eigenvalue weighted by Gasteiger charge is -2.32. The van der Waals surface area contributed by atoms with Crippen molar-refractivity contribution in [1.82, 2.24) is 10.3 Å². The van der Waals surface area contributed by atoms with Gasteiger partial charge in [-0.25, -0.2) is 4.98 Å². The Balaban J connectivity index is 1.65. The Labute approximate surface area is 177 Å². The standard InChI is InChI=1S/C24H29N3O3/c1-16-7-12-19(14-21(16)25-4)30-23-20(6-5-13-26-23)22(28)27-15-17-8-10-18(11-9-17)24(2,3)29/h5-8,12-14,18,29H,1,9-11,15H2,2-4H3,(H,27,28). The first-order chi connectivity index (χ1) is 14.3. The van der Waals surface area contributed by atoms with Gasteiger partial charge in [-0.15, -0.1) is 0 Å². The second-order valence-corrected chi connectivity index (χ2v) is 8.14. The second kappa shape index (κ2) is 9.22. The lowest BCUT2D eigenvalue weighted by molar-refractivity contribution is 0.0125. The van der Waals surface area contributed by atoms with Gasteiger partial charge in [-0.2, -0.15) is 0 Å². The molecule has 0 radical (unpaired) electrons. The van der Waals surface area contributed by atoms with Crippen LogP contribution >= 0.6 is 0 Å². The van der Waals surface area contributed by atoms with Crippen LogP contribution in [0.15, 0.2) is 71.1 Å². The Morgan fingerprint density at radius 2 is 2.23 bits per heavy atom. The fraction of sp³-hybridized carbons (Fsp3) is 0.375. The van der Waals surface area contributed by atoms with Gasteiger partial charge in [-0.1, -0.05) is 18.2 Å². The molecule has 1 unspecified atom stereocenters. The van der Waals surface area contributed by atoms with E-state index >= 15 is 0 Å². The van der Waals surface area contributed by atoms with Gasteiger partial charge in [-0.3, -0.25) is 9.79 Å². The number of aliphatic hydroxyl groups is 1. The van der Waals surface area contributed by atoms with Crippen LogP contribution in [0.2, 0.25) is 0 Å². The van der Waals surface area contributed by atoms with E-state index in [4.69, 9.17) is 4.74 Å². The summed E-state index contributed by atoms with van der Waals surface area (Å²) in [5.41, 5.74) is 2.40. The molecule has 0 bridgehead atoms. The molecule has 1 atom stereocenters. The van der Waals surface area contributed by atoms with Crippen LogP contribution in [0.25, 0.3) is 0 Å². The van der Waals surface area contributed by atoms with Crippen molar-refractivity contribution in [2.24, 2.45) is 10.9 Å². The average molecular weight is 408 g/mol. The number of aliphatic imine (C=N–C) groups is 1. The molecule has 1 amide bonds. The largest absolute Gasteiger partial charge is 0.438 e.